The summed E-state index contributed by atoms with van der Waals surface area (Å²) in [5, 5.41) is 12.8. The normalized spacial score (nSPS) is 19.3. The highest BCUT2D eigenvalue weighted by Gasteiger charge is 2.40. The van der Waals surface area contributed by atoms with Gasteiger partial charge in [0.25, 0.3) is 0 Å². The van der Waals surface area contributed by atoms with Crippen LogP contribution in [0.15, 0.2) is 48.5 Å². The Balaban J connectivity index is 1.73. The molecule has 0 bridgehead atoms. The van der Waals surface area contributed by atoms with Crippen LogP contribution in [0.2, 0.25) is 0 Å². The maximum absolute atomic E-state index is 12.7. The van der Waals surface area contributed by atoms with E-state index in [1.54, 1.807) is 24.3 Å². The molecule has 1 fully saturated rings. The molecule has 0 spiro atoms. The predicted molar refractivity (Wildman–Crippen MR) is 98.1 cm³/mol. The van der Waals surface area contributed by atoms with E-state index in [-0.39, 0.29) is 18.9 Å². The first-order valence-electron chi connectivity index (χ1n) is 8.54. The molecule has 1 aliphatic rings. The number of para-hydroxylation sites is 1. The number of carbonyl (C=O) groups is 2. The van der Waals surface area contributed by atoms with E-state index >= 15 is 0 Å². The van der Waals surface area contributed by atoms with Crippen LogP contribution >= 0.6 is 0 Å². The molecule has 2 atom stereocenters. The molecule has 0 radical (unpaired) electrons. The molecule has 3 rings (SSSR count). The van der Waals surface area contributed by atoms with Gasteiger partial charge in [0.1, 0.15) is 11.8 Å². The van der Waals surface area contributed by atoms with E-state index in [0.717, 1.165) is 11.1 Å². The molecular formula is C20H22N2O4. The van der Waals surface area contributed by atoms with Crippen molar-refractivity contribution < 1.29 is 19.4 Å². The third-order valence-corrected chi connectivity index (χ3v) is 4.63. The van der Waals surface area contributed by atoms with Gasteiger partial charge in [-0.2, -0.15) is 0 Å². The van der Waals surface area contributed by atoms with Crippen molar-refractivity contribution in [3.05, 3.63) is 59.7 Å². The zero-order chi connectivity index (χ0) is 18.7. The van der Waals surface area contributed by atoms with Gasteiger partial charge in [-0.3, -0.25) is 9.69 Å². The van der Waals surface area contributed by atoms with Gasteiger partial charge in [0.15, 0.2) is 0 Å². The molecule has 26 heavy (non-hydrogen) atoms. The van der Waals surface area contributed by atoms with Gasteiger partial charge in [0, 0.05) is 12.1 Å². The second-order valence-corrected chi connectivity index (χ2v) is 6.48. The summed E-state index contributed by atoms with van der Waals surface area (Å²) in [5.41, 5.74) is 2.74. The summed E-state index contributed by atoms with van der Waals surface area (Å²) in [5.74, 6) is 0.0628. The minimum Gasteiger partial charge on any atom is -0.410 e. The molecule has 0 saturated carbocycles. The first-order valence-corrected chi connectivity index (χ1v) is 8.54. The number of ether oxygens (including phenoxy) is 1. The van der Waals surface area contributed by atoms with Gasteiger partial charge in [-0.25, -0.2) is 4.79 Å². The van der Waals surface area contributed by atoms with Crippen LogP contribution in [-0.2, 0) is 4.79 Å². The monoisotopic (exact) mass is 354 g/mol. The van der Waals surface area contributed by atoms with Crippen LogP contribution < -0.4 is 10.1 Å². The van der Waals surface area contributed by atoms with E-state index in [1.807, 2.05) is 38.1 Å². The van der Waals surface area contributed by atoms with Crippen LogP contribution in [0.4, 0.5) is 10.5 Å². The molecular weight excluding hydrogens is 332 g/mol. The molecule has 1 heterocycles. The first-order chi connectivity index (χ1) is 12.5. The van der Waals surface area contributed by atoms with Gasteiger partial charge in [-0.1, -0.05) is 30.3 Å². The lowest BCUT2D eigenvalue weighted by Gasteiger charge is -2.23. The molecule has 0 aromatic heterocycles. The lowest BCUT2D eigenvalue weighted by atomic mass is 10.1. The van der Waals surface area contributed by atoms with Gasteiger partial charge in [0.05, 0.1) is 12.6 Å². The van der Waals surface area contributed by atoms with Crippen molar-refractivity contribution in [3.8, 4) is 5.75 Å². The van der Waals surface area contributed by atoms with E-state index in [1.165, 1.54) is 4.90 Å². The number of carbonyl (C=O) groups excluding carboxylic acids is 2. The van der Waals surface area contributed by atoms with Crippen LogP contribution in [0.25, 0.3) is 0 Å². The molecule has 6 nitrogen and oxygen atoms in total. The summed E-state index contributed by atoms with van der Waals surface area (Å²) >= 11 is 0. The Hall–Kier alpha value is -2.86. The number of amides is 2. The Morgan fingerprint density at radius 1 is 1.12 bits per heavy atom. The number of rotatable bonds is 3. The van der Waals surface area contributed by atoms with Crippen LogP contribution in [0, 0.1) is 13.8 Å². The summed E-state index contributed by atoms with van der Waals surface area (Å²) in [6.07, 6.45) is -1.22. The Labute approximate surface area is 152 Å². The SMILES string of the molecule is Cc1cccc(NC(=O)[C@H]2C[C@@H](O)CN2C(=O)Oc2ccccc2)c1C. The number of β-amino-alcohol motifs (C(OH)–C–C–N with tert-alkyl or cyclic N) is 1. The highest BCUT2D eigenvalue weighted by Crippen LogP contribution is 2.24. The number of aryl methyl sites for hydroxylation is 1. The van der Waals surface area contributed by atoms with Crippen molar-refractivity contribution in [2.24, 2.45) is 0 Å². The highest BCUT2D eigenvalue weighted by molar-refractivity contribution is 5.97. The number of hydrogen-bond donors (Lipinski definition) is 2. The molecule has 2 aromatic rings. The average molecular weight is 354 g/mol. The van der Waals surface area contributed by atoms with Gasteiger partial charge < -0.3 is 15.2 Å². The Morgan fingerprint density at radius 2 is 1.85 bits per heavy atom. The molecule has 2 N–H and O–H groups in total. The smallest absolute Gasteiger partial charge is 0.410 e. The van der Waals surface area contributed by atoms with Gasteiger partial charge in [-0.15, -0.1) is 0 Å². The second kappa shape index (κ2) is 7.58. The van der Waals surface area contributed by atoms with Gasteiger partial charge in [-0.05, 0) is 43.2 Å². The number of nitrogens with zero attached hydrogens (tertiary/aromatic N) is 1. The molecule has 1 aliphatic heterocycles. The largest absolute Gasteiger partial charge is 0.416 e. The number of aliphatic hydroxyl groups excluding tert-OH is 1. The Bertz CT molecular complexity index is 807. The van der Waals surface area contributed by atoms with Crippen molar-refractivity contribution in [2.75, 3.05) is 11.9 Å². The third kappa shape index (κ3) is 3.86. The maximum Gasteiger partial charge on any atom is 0.416 e. The van der Waals surface area contributed by atoms with Crippen LogP contribution in [0.5, 0.6) is 5.75 Å². The molecule has 0 unspecified atom stereocenters. The second-order valence-electron chi connectivity index (χ2n) is 6.48. The first kappa shape index (κ1) is 17.9. The predicted octanol–water partition coefficient (Wildman–Crippen LogP) is 2.88. The Morgan fingerprint density at radius 3 is 2.58 bits per heavy atom. The molecule has 6 heteroatoms. The molecule has 2 aromatic carbocycles. The quantitative estimate of drug-likeness (QED) is 0.888. The number of aliphatic hydroxyl groups is 1. The van der Waals surface area contributed by atoms with E-state index in [2.05, 4.69) is 5.32 Å². The van der Waals surface area contributed by atoms with Crippen molar-refractivity contribution in [2.45, 2.75) is 32.4 Å². The number of benzene rings is 2. The van der Waals surface area contributed by atoms with Crippen molar-refractivity contribution in [1.82, 2.24) is 4.90 Å². The van der Waals surface area contributed by atoms with Crippen molar-refractivity contribution >= 4 is 17.7 Å². The summed E-state index contributed by atoms with van der Waals surface area (Å²) in [6.45, 7) is 3.96. The molecule has 136 valence electrons. The third-order valence-electron chi connectivity index (χ3n) is 4.63. The highest BCUT2D eigenvalue weighted by atomic mass is 16.6. The van der Waals surface area contributed by atoms with E-state index < -0.39 is 18.2 Å². The molecule has 2 amide bonds. The zero-order valence-corrected chi connectivity index (χ0v) is 14.8. The van der Waals surface area contributed by atoms with Crippen molar-refractivity contribution in [3.63, 3.8) is 0 Å². The lowest BCUT2D eigenvalue weighted by molar-refractivity contribution is -0.119. The van der Waals surface area contributed by atoms with Crippen LogP contribution in [0.1, 0.15) is 17.5 Å². The summed E-state index contributed by atoms with van der Waals surface area (Å²) < 4.78 is 5.32. The van der Waals surface area contributed by atoms with Crippen molar-refractivity contribution in [1.29, 1.82) is 0 Å². The fraction of sp³-hybridized carbons (Fsp3) is 0.300. The molecule has 0 aliphatic carbocycles. The van der Waals surface area contributed by atoms with Crippen LogP contribution in [-0.4, -0.2) is 40.7 Å². The number of likely N-dealkylation sites (tertiary alicyclic amines) is 1. The Kier molecular flexibility index (Phi) is 5.23. The zero-order valence-electron chi connectivity index (χ0n) is 14.8. The lowest BCUT2D eigenvalue weighted by Crippen LogP contribution is -2.44. The maximum atomic E-state index is 12.7. The van der Waals surface area contributed by atoms with Gasteiger partial charge >= 0.3 is 6.09 Å². The minimum atomic E-state index is -0.777. The molecule has 1 saturated heterocycles. The van der Waals surface area contributed by atoms with E-state index in [4.69, 9.17) is 4.74 Å². The number of hydrogen-bond acceptors (Lipinski definition) is 4. The topological polar surface area (TPSA) is 78.9 Å². The fourth-order valence-corrected chi connectivity index (χ4v) is 3.01. The fourth-order valence-electron chi connectivity index (χ4n) is 3.01. The average Bonchev–Trinajstić information content (AvgIpc) is 3.02. The van der Waals surface area contributed by atoms with E-state index in [0.29, 0.717) is 11.4 Å². The van der Waals surface area contributed by atoms with E-state index in [9.17, 15) is 14.7 Å². The van der Waals surface area contributed by atoms with Gasteiger partial charge in [0.2, 0.25) is 5.91 Å². The minimum absolute atomic E-state index is 0.0660. The number of anilines is 1. The standard InChI is InChI=1S/C20H22N2O4/c1-13-7-6-10-17(14(13)2)21-19(24)18-11-15(23)12-22(18)20(25)26-16-8-4-3-5-9-16/h3-10,15,18,23H,11-12H2,1-2H3,(H,21,24)/t15-,18-/m1/s1. The van der Waals surface area contributed by atoms with Crippen LogP contribution in [0.3, 0.4) is 0 Å². The summed E-state index contributed by atoms with van der Waals surface area (Å²) in [4.78, 5) is 26.5. The summed E-state index contributed by atoms with van der Waals surface area (Å²) in [6, 6.07) is 13.5. The summed E-state index contributed by atoms with van der Waals surface area (Å²) in [7, 11) is 0. The number of nitrogens with one attached hydrogen (secondary N) is 1.